The lowest BCUT2D eigenvalue weighted by molar-refractivity contribution is -0.133. The number of guanidine groups is 1. The number of rotatable bonds is 1. The number of nitrogens with two attached hydrogens (primary N) is 1. The summed E-state index contributed by atoms with van der Waals surface area (Å²) in [5, 5.41) is 11.0. The van der Waals surface area contributed by atoms with E-state index >= 15 is 0 Å². The van der Waals surface area contributed by atoms with E-state index in [1.807, 2.05) is 0 Å². The molecule has 0 saturated carbocycles. The first-order chi connectivity index (χ1) is 10.8. The number of nitrogens with one attached hydrogen (secondary N) is 1. The topological polar surface area (TPSA) is 117 Å². The lowest BCUT2D eigenvalue weighted by Gasteiger charge is -2.38. The van der Waals surface area contributed by atoms with Crippen LogP contribution in [0.4, 0.5) is 14.9 Å². The van der Waals surface area contributed by atoms with Gasteiger partial charge in [-0.15, -0.1) is 0 Å². The first-order valence-electron chi connectivity index (χ1n) is 6.86. The third-order valence-corrected chi connectivity index (χ3v) is 4.11. The van der Waals surface area contributed by atoms with Gasteiger partial charge in [0.15, 0.2) is 0 Å². The maximum atomic E-state index is 14.4. The molecule has 1 aromatic rings. The zero-order valence-electron chi connectivity index (χ0n) is 12.2. The van der Waals surface area contributed by atoms with Gasteiger partial charge in [0, 0.05) is 18.3 Å². The number of anilines is 1. The van der Waals surface area contributed by atoms with Crippen LogP contribution >= 0.6 is 0 Å². The average Bonchev–Trinajstić information content (AvgIpc) is 2.91. The van der Waals surface area contributed by atoms with Crippen LogP contribution in [0.1, 0.15) is 5.56 Å². The highest BCUT2D eigenvalue weighted by Crippen LogP contribution is 2.44. The highest BCUT2D eigenvalue weighted by Gasteiger charge is 2.55. The number of halogens is 1. The van der Waals surface area contributed by atoms with Crippen LogP contribution in [0.5, 0.6) is 0 Å². The van der Waals surface area contributed by atoms with Crippen molar-refractivity contribution in [3.63, 3.8) is 0 Å². The highest BCUT2D eigenvalue weighted by molar-refractivity contribution is 6.05. The number of carboxylic acid groups (broad SMARTS) is 1. The number of amides is 2. The van der Waals surface area contributed by atoms with Crippen molar-refractivity contribution in [2.75, 3.05) is 26.0 Å². The van der Waals surface area contributed by atoms with Gasteiger partial charge in [-0.05, 0) is 18.2 Å². The standard InChI is InChI=1S/C14H15FN4O4/c1-19-11(20)9-5-23-6-14(9,18-12(19)17-13(21)22)8-4-7(16)2-3-10(8)15/h2-4,9H,5-6,16H2,1H3,(H,17,18)(H,21,22)/t9-,14-/m0/s1. The zero-order chi connectivity index (χ0) is 16.8. The molecular weight excluding hydrogens is 307 g/mol. The van der Waals surface area contributed by atoms with Gasteiger partial charge in [-0.3, -0.25) is 15.0 Å². The molecular formula is C14H15FN4O4. The Labute approximate surface area is 130 Å². The molecule has 122 valence electrons. The number of aliphatic imine (C=N–C) groups is 1. The fourth-order valence-corrected chi connectivity index (χ4v) is 2.97. The Morgan fingerprint density at radius 2 is 2.35 bits per heavy atom. The van der Waals surface area contributed by atoms with Crippen molar-refractivity contribution in [2.24, 2.45) is 10.9 Å². The SMILES string of the molecule is CN1C(=O)[C@@H]2COC[C@@]2(c2cc(N)ccc2F)N=C1NC(=O)O. The highest BCUT2D eigenvalue weighted by atomic mass is 19.1. The fourth-order valence-electron chi connectivity index (χ4n) is 2.97. The molecule has 9 heteroatoms. The molecule has 8 nitrogen and oxygen atoms in total. The molecule has 2 aliphatic rings. The number of carbonyl (C=O) groups is 2. The molecule has 2 aliphatic heterocycles. The Kier molecular flexibility index (Phi) is 3.44. The molecule has 2 heterocycles. The Morgan fingerprint density at radius 3 is 3.04 bits per heavy atom. The van der Waals surface area contributed by atoms with Gasteiger partial charge >= 0.3 is 6.09 Å². The van der Waals surface area contributed by atoms with Crippen LogP contribution in [0.15, 0.2) is 23.2 Å². The summed E-state index contributed by atoms with van der Waals surface area (Å²) in [7, 11) is 1.40. The number of hydrogen-bond donors (Lipinski definition) is 3. The fraction of sp³-hybridized carbons (Fsp3) is 0.357. The van der Waals surface area contributed by atoms with E-state index in [0.29, 0.717) is 5.69 Å². The minimum atomic E-state index is -1.37. The molecule has 1 saturated heterocycles. The second-order valence-corrected chi connectivity index (χ2v) is 5.49. The molecule has 2 amide bonds. The molecule has 4 N–H and O–H groups in total. The molecule has 3 rings (SSSR count). The van der Waals surface area contributed by atoms with Gasteiger partial charge in [-0.25, -0.2) is 14.2 Å². The van der Waals surface area contributed by atoms with Crippen molar-refractivity contribution in [1.82, 2.24) is 10.2 Å². The van der Waals surface area contributed by atoms with E-state index in [4.69, 9.17) is 15.6 Å². The van der Waals surface area contributed by atoms with Crippen LogP contribution in [0.3, 0.4) is 0 Å². The first kappa shape index (κ1) is 15.2. The number of nitrogens with zero attached hydrogens (tertiary/aromatic N) is 2. The van der Waals surface area contributed by atoms with Crippen molar-refractivity contribution >= 4 is 23.6 Å². The molecule has 0 radical (unpaired) electrons. The van der Waals surface area contributed by atoms with Crippen molar-refractivity contribution < 1.29 is 23.8 Å². The van der Waals surface area contributed by atoms with E-state index in [2.05, 4.69) is 10.3 Å². The largest absolute Gasteiger partial charge is 0.465 e. The normalized spacial score (nSPS) is 26.7. The molecule has 0 unspecified atom stereocenters. The van der Waals surface area contributed by atoms with Gasteiger partial charge in [0.1, 0.15) is 11.4 Å². The van der Waals surface area contributed by atoms with Gasteiger partial charge in [0.2, 0.25) is 11.9 Å². The second-order valence-electron chi connectivity index (χ2n) is 5.49. The number of ether oxygens (including phenoxy) is 1. The van der Waals surface area contributed by atoms with E-state index in [1.54, 1.807) is 0 Å². The lowest BCUT2D eigenvalue weighted by Crippen LogP contribution is -2.56. The number of fused-ring (bicyclic) bond motifs is 1. The summed E-state index contributed by atoms with van der Waals surface area (Å²) in [5.41, 5.74) is 4.83. The van der Waals surface area contributed by atoms with E-state index in [1.165, 1.54) is 25.2 Å². The maximum Gasteiger partial charge on any atom is 0.411 e. The van der Waals surface area contributed by atoms with Gasteiger partial charge in [-0.2, -0.15) is 0 Å². The van der Waals surface area contributed by atoms with Crippen LogP contribution in [0.2, 0.25) is 0 Å². The molecule has 0 aromatic heterocycles. The molecule has 0 bridgehead atoms. The molecule has 23 heavy (non-hydrogen) atoms. The second kappa shape index (κ2) is 5.20. The molecule has 2 atom stereocenters. The number of carbonyl (C=O) groups excluding carboxylic acids is 1. The van der Waals surface area contributed by atoms with Crippen LogP contribution in [-0.2, 0) is 15.1 Å². The summed E-state index contributed by atoms with van der Waals surface area (Å²) in [6.07, 6.45) is -1.37. The van der Waals surface area contributed by atoms with Gasteiger partial charge in [-0.1, -0.05) is 0 Å². The molecule has 1 aromatic carbocycles. The van der Waals surface area contributed by atoms with Crippen molar-refractivity contribution in [2.45, 2.75) is 5.54 Å². The number of hydrogen-bond acceptors (Lipinski definition) is 5. The summed E-state index contributed by atoms with van der Waals surface area (Å²) in [6, 6.07) is 3.99. The third-order valence-electron chi connectivity index (χ3n) is 4.11. The van der Waals surface area contributed by atoms with Gasteiger partial charge in [0.05, 0.1) is 19.1 Å². The van der Waals surface area contributed by atoms with Crippen LogP contribution < -0.4 is 11.1 Å². The summed E-state index contributed by atoms with van der Waals surface area (Å²) >= 11 is 0. The number of benzene rings is 1. The predicted octanol–water partition coefficient (Wildman–Crippen LogP) is 0.345. The minimum Gasteiger partial charge on any atom is -0.465 e. The Balaban J connectivity index is 2.20. The summed E-state index contributed by atoms with van der Waals surface area (Å²) in [6.45, 7) is 0.0314. The lowest BCUT2D eigenvalue weighted by atomic mass is 9.79. The smallest absolute Gasteiger partial charge is 0.411 e. The number of nitrogen functional groups attached to an aromatic ring is 1. The first-order valence-corrected chi connectivity index (χ1v) is 6.86. The Bertz CT molecular complexity index is 723. The summed E-state index contributed by atoms with van der Waals surface area (Å²) < 4.78 is 19.7. The molecule has 0 spiro atoms. The van der Waals surface area contributed by atoms with Crippen LogP contribution in [-0.4, -0.2) is 48.2 Å². The van der Waals surface area contributed by atoms with E-state index in [0.717, 1.165) is 4.90 Å². The Morgan fingerprint density at radius 1 is 1.61 bits per heavy atom. The van der Waals surface area contributed by atoms with E-state index < -0.39 is 29.3 Å². The third kappa shape index (κ3) is 2.29. The predicted molar refractivity (Wildman–Crippen MR) is 78.2 cm³/mol. The minimum absolute atomic E-state index is 0.0393. The van der Waals surface area contributed by atoms with Gasteiger partial charge < -0.3 is 15.6 Å². The van der Waals surface area contributed by atoms with E-state index in [-0.39, 0.29) is 24.7 Å². The van der Waals surface area contributed by atoms with Crippen LogP contribution in [0, 0.1) is 11.7 Å². The Hall–Kier alpha value is -2.68. The summed E-state index contributed by atoms with van der Waals surface area (Å²) in [4.78, 5) is 28.9. The van der Waals surface area contributed by atoms with Crippen LogP contribution in [0.25, 0.3) is 0 Å². The van der Waals surface area contributed by atoms with Gasteiger partial charge in [0.25, 0.3) is 0 Å². The average molecular weight is 322 g/mol. The van der Waals surface area contributed by atoms with Crippen molar-refractivity contribution in [3.8, 4) is 0 Å². The van der Waals surface area contributed by atoms with E-state index in [9.17, 15) is 14.0 Å². The zero-order valence-corrected chi connectivity index (χ0v) is 12.2. The van der Waals surface area contributed by atoms with Crippen molar-refractivity contribution in [3.05, 3.63) is 29.6 Å². The summed E-state index contributed by atoms with van der Waals surface area (Å²) in [5.74, 6) is -1.90. The maximum absolute atomic E-state index is 14.4. The van der Waals surface area contributed by atoms with Crippen molar-refractivity contribution in [1.29, 1.82) is 0 Å². The quantitative estimate of drug-likeness (QED) is 0.645. The monoisotopic (exact) mass is 322 g/mol. The molecule has 0 aliphatic carbocycles. The molecule has 1 fully saturated rings.